The van der Waals surface area contributed by atoms with Gasteiger partial charge in [-0.05, 0) is 42.7 Å². The Morgan fingerprint density at radius 3 is 3.21 bits per heavy atom. The van der Waals surface area contributed by atoms with Gasteiger partial charge in [0.15, 0.2) is 0 Å². The van der Waals surface area contributed by atoms with Crippen molar-refractivity contribution in [1.82, 2.24) is 9.97 Å². The number of halogens is 1. The van der Waals surface area contributed by atoms with Gasteiger partial charge in [0, 0.05) is 10.4 Å². The zero-order valence-electron chi connectivity index (χ0n) is 10.8. The number of hydrogen-bond acceptors (Lipinski definition) is 4. The number of aryl methyl sites for hydroxylation is 1. The highest BCUT2D eigenvalue weighted by atomic mass is 35.5. The predicted molar refractivity (Wildman–Crippen MR) is 80.0 cm³/mol. The lowest BCUT2D eigenvalue weighted by Crippen LogP contribution is -2.17. The van der Waals surface area contributed by atoms with E-state index in [0.29, 0.717) is 11.2 Å². The maximum Gasteiger partial charge on any atom is 0.137 e. The van der Waals surface area contributed by atoms with Gasteiger partial charge in [0.1, 0.15) is 17.3 Å². The van der Waals surface area contributed by atoms with Crippen molar-refractivity contribution in [3.05, 3.63) is 38.9 Å². The van der Waals surface area contributed by atoms with E-state index in [1.807, 2.05) is 11.3 Å². The van der Waals surface area contributed by atoms with Crippen molar-refractivity contribution in [2.75, 3.05) is 5.32 Å². The summed E-state index contributed by atoms with van der Waals surface area (Å²) >= 11 is 7.99. The van der Waals surface area contributed by atoms with Gasteiger partial charge in [-0.15, -0.1) is 11.3 Å². The Morgan fingerprint density at radius 2 is 2.37 bits per heavy atom. The van der Waals surface area contributed by atoms with E-state index in [9.17, 15) is 0 Å². The van der Waals surface area contributed by atoms with Crippen molar-refractivity contribution >= 4 is 28.8 Å². The van der Waals surface area contributed by atoms with Gasteiger partial charge in [0.25, 0.3) is 0 Å². The molecule has 0 saturated heterocycles. The molecule has 1 aliphatic carbocycles. The predicted octanol–water partition coefficient (Wildman–Crippen LogP) is 4.24. The Balaban J connectivity index is 1.89. The van der Waals surface area contributed by atoms with Crippen molar-refractivity contribution in [1.29, 1.82) is 0 Å². The Hall–Kier alpha value is -1.13. The average Bonchev–Trinajstić information content (AvgIpc) is 2.88. The van der Waals surface area contributed by atoms with Gasteiger partial charge < -0.3 is 5.32 Å². The number of thiophene rings is 1. The molecule has 100 valence electrons. The topological polar surface area (TPSA) is 37.8 Å². The van der Waals surface area contributed by atoms with Crippen LogP contribution in [0.5, 0.6) is 0 Å². The molecule has 0 saturated carbocycles. The number of nitrogens with one attached hydrogen (secondary N) is 1. The highest BCUT2D eigenvalue weighted by molar-refractivity contribution is 7.10. The molecule has 1 aliphatic rings. The second-order valence-corrected chi connectivity index (χ2v) is 6.09. The molecule has 5 heteroatoms. The molecule has 1 atom stereocenters. The monoisotopic (exact) mass is 293 g/mol. The Labute approximate surface area is 122 Å². The summed E-state index contributed by atoms with van der Waals surface area (Å²) in [4.78, 5) is 9.91. The number of aromatic nitrogens is 2. The van der Waals surface area contributed by atoms with Crippen molar-refractivity contribution in [2.45, 2.75) is 38.6 Å². The lowest BCUT2D eigenvalue weighted by atomic mass is 9.94. The highest BCUT2D eigenvalue weighted by Crippen LogP contribution is 2.36. The molecule has 0 fully saturated rings. The van der Waals surface area contributed by atoms with Crippen LogP contribution < -0.4 is 5.32 Å². The smallest absolute Gasteiger partial charge is 0.137 e. The summed E-state index contributed by atoms with van der Waals surface area (Å²) in [6.45, 7) is 2.08. The van der Waals surface area contributed by atoms with Crippen LogP contribution in [0, 0.1) is 0 Å². The summed E-state index contributed by atoms with van der Waals surface area (Å²) in [5.74, 6) is 0.881. The summed E-state index contributed by atoms with van der Waals surface area (Å²) < 4.78 is 0. The van der Waals surface area contributed by atoms with Crippen LogP contribution in [0.4, 0.5) is 5.82 Å². The van der Waals surface area contributed by atoms with E-state index in [0.717, 1.165) is 24.2 Å². The largest absolute Gasteiger partial charge is 0.363 e. The third-order valence-corrected chi connectivity index (χ3v) is 4.93. The minimum Gasteiger partial charge on any atom is -0.363 e. The van der Waals surface area contributed by atoms with Gasteiger partial charge in [-0.3, -0.25) is 0 Å². The summed E-state index contributed by atoms with van der Waals surface area (Å²) in [7, 11) is 0. The van der Waals surface area contributed by atoms with Crippen LogP contribution in [0.3, 0.4) is 0 Å². The fourth-order valence-electron chi connectivity index (χ4n) is 2.63. The highest BCUT2D eigenvalue weighted by Gasteiger charge is 2.22. The van der Waals surface area contributed by atoms with Gasteiger partial charge in [-0.2, -0.15) is 0 Å². The van der Waals surface area contributed by atoms with Crippen LogP contribution in [-0.2, 0) is 12.8 Å². The van der Waals surface area contributed by atoms with Gasteiger partial charge >= 0.3 is 0 Å². The molecule has 0 radical (unpaired) electrons. The molecule has 1 unspecified atom stereocenters. The maximum atomic E-state index is 6.14. The van der Waals surface area contributed by atoms with Crippen LogP contribution in [0.25, 0.3) is 0 Å². The number of anilines is 1. The standard InChI is InChI=1S/C14H16ClN3S/c1-2-9-13(15)16-8-17-14(9)18-11-4-3-5-12-10(11)6-7-19-12/h6-8,11H,2-5H2,1H3,(H,16,17,18). The van der Waals surface area contributed by atoms with Crippen molar-refractivity contribution < 1.29 is 0 Å². The maximum absolute atomic E-state index is 6.14. The first-order chi connectivity index (χ1) is 9.29. The molecular weight excluding hydrogens is 278 g/mol. The Kier molecular flexibility index (Phi) is 3.71. The molecule has 2 aromatic rings. The summed E-state index contributed by atoms with van der Waals surface area (Å²) in [6, 6.07) is 2.58. The van der Waals surface area contributed by atoms with Gasteiger partial charge in [-0.1, -0.05) is 18.5 Å². The van der Waals surface area contributed by atoms with Gasteiger partial charge in [0.05, 0.1) is 6.04 Å². The van der Waals surface area contributed by atoms with Crippen LogP contribution in [0.2, 0.25) is 5.15 Å². The molecule has 2 aromatic heterocycles. The fourth-order valence-corrected chi connectivity index (χ4v) is 3.88. The Bertz CT molecular complexity index is 582. The van der Waals surface area contributed by atoms with E-state index in [-0.39, 0.29) is 0 Å². The molecule has 0 spiro atoms. The van der Waals surface area contributed by atoms with Crippen molar-refractivity contribution in [2.24, 2.45) is 0 Å². The molecule has 0 aliphatic heterocycles. The lowest BCUT2D eigenvalue weighted by molar-refractivity contribution is 0.606. The number of hydrogen-bond donors (Lipinski definition) is 1. The molecule has 0 amide bonds. The molecule has 1 N–H and O–H groups in total. The number of fused-ring (bicyclic) bond motifs is 1. The van der Waals surface area contributed by atoms with E-state index in [2.05, 4.69) is 33.7 Å². The Morgan fingerprint density at radius 1 is 1.47 bits per heavy atom. The van der Waals surface area contributed by atoms with Crippen LogP contribution >= 0.6 is 22.9 Å². The third-order valence-electron chi connectivity index (χ3n) is 3.61. The van der Waals surface area contributed by atoms with Gasteiger partial charge in [0.2, 0.25) is 0 Å². The summed E-state index contributed by atoms with van der Waals surface area (Å²) in [6.07, 6.45) is 5.95. The first kappa shape index (κ1) is 12.9. The molecule has 0 bridgehead atoms. The fraction of sp³-hybridized carbons (Fsp3) is 0.429. The van der Waals surface area contributed by atoms with Crippen molar-refractivity contribution in [3.63, 3.8) is 0 Å². The number of nitrogens with zero attached hydrogens (tertiary/aromatic N) is 2. The summed E-state index contributed by atoms with van der Waals surface area (Å²) in [5.41, 5.74) is 2.43. The minimum atomic E-state index is 0.353. The van der Waals surface area contributed by atoms with E-state index in [1.54, 1.807) is 0 Å². The average molecular weight is 294 g/mol. The summed E-state index contributed by atoms with van der Waals surface area (Å²) in [5, 5.41) is 6.29. The van der Waals surface area contributed by atoms with Crippen LogP contribution in [0.15, 0.2) is 17.8 Å². The molecule has 3 rings (SSSR count). The first-order valence-electron chi connectivity index (χ1n) is 6.61. The molecule has 2 heterocycles. The van der Waals surface area contributed by atoms with Gasteiger partial charge in [-0.25, -0.2) is 9.97 Å². The molecular formula is C14H16ClN3S. The molecule has 3 nitrogen and oxygen atoms in total. The van der Waals surface area contributed by atoms with E-state index in [4.69, 9.17) is 11.6 Å². The second kappa shape index (κ2) is 5.47. The van der Waals surface area contributed by atoms with E-state index >= 15 is 0 Å². The SMILES string of the molecule is CCc1c(Cl)ncnc1NC1CCCc2sccc21. The van der Waals surface area contributed by atoms with Crippen LogP contribution in [-0.4, -0.2) is 9.97 Å². The van der Waals surface area contributed by atoms with E-state index < -0.39 is 0 Å². The minimum absolute atomic E-state index is 0.353. The van der Waals surface area contributed by atoms with E-state index in [1.165, 1.54) is 29.6 Å². The quantitative estimate of drug-likeness (QED) is 0.860. The lowest BCUT2D eigenvalue weighted by Gasteiger charge is -2.25. The zero-order valence-corrected chi connectivity index (χ0v) is 12.4. The van der Waals surface area contributed by atoms with Crippen LogP contribution in [0.1, 0.15) is 41.8 Å². The molecule has 19 heavy (non-hydrogen) atoms. The number of rotatable bonds is 3. The first-order valence-corrected chi connectivity index (χ1v) is 7.87. The normalized spacial score (nSPS) is 18.1. The second-order valence-electron chi connectivity index (χ2n) is 4.73. The molecule has 0 aromatic carbocycles. The van der Waals surface area contributed by atoms with Crippen molar-refractivity contribution in [3.8, 4) is 0 Å². The third kappa shape index (κ3) is 2.47. The zero-order chi connectivity index (χ0) is 13.2.